The van der Waals surface area contributed by atoms with Gasteiger partial charge in [-0.15, -0.1) is 11.3 Å². The van der Waals surface area contributed by atoms with Gasteiger partial charge in [-0.3, -0.25) is 0 Å². The van der Waals surface area contributed by atoms with Crippen molar-refractivity contribution in [1.82, 2.24) is 4.98 Å². The number of benzene rings is 1. The van der Waals surface area contributed by atoms with Crippen molar-refractivity contribution in [3.63, 3.8) is 0 Å². The van der Waals surface area contributed by atoms with Gasteiger partial charge in [-0.25, -0.2) is 4.98 Å². The van der Waals surface area contributed by atoms with Crippen LogP contribution in [0.4, 0.5) is 5.69 Å². The first kappa shape index (κ1) is 13.1. The summed E-state index contributed by atoms with van der Waals surface area (Å²) >= 11 is 1.61. The fraction of sp³-hybridized carbons (Fsp3) is 0.357. The van der Waals surface area contributed by atoms with Crippen molar-refractivity contribution in [2.45, 2.75) is 26.4 Å². The van der Waals surface area contributed by atoms with Gasteiger partial charge >= 0.3 is 0 Å². The van der Waals surface area contributed by atoms with Crippen LogP contribution in [0.2, 0.25) is 0 Å². The molecule has 3 nitrogen and oxygen atoms in total. The number of ether oxygens (including phenoxy) is 1. The second-order valence-electron chi connectivity index (χ2n) is 4.57. The first-order valence-corrected chi connectivity index (χ1v) is 6.87. The van der Waals surface area contributed by atoms with Crippen LogP contribution in [0.3, 0.4) is 0 Å². The second kappa shape index (κ2) is 5.08. The maximum absolute atomic E-state index is 5.96. The molecule has 0 bridgehead atoms. The van der Waals surface area contributed by atoms with Crippen molar-refractivity contribution in [2.75, 3.05) is 12.3 Å². The molecule has 0 fully saturated rings. The molecule has 0 saturated carbocycles. The Hall–Kier alpha value is -1.39. The van der Waals surface area contributed by atoms with Crippen LogP contribution in [0.25, 0.3) is 11.3 Å². The number of hydrogen-bond acceptors (Lipinski definition) is 4. The van der Waals surface area contributed by atoms with E-state index < -0.39 is 0 Å². The molecule has 2 N–H and O–H groups in total. The van der Waals surface area contributed by atoms with Gasteiger partial charge in [0.1, 0.15) is 10.6 Å². The molecule has 96 valence electrons. The highest BCUT2D eigenvalue weighted by Gasteiger charge is 2.24. The third-order valence-electron chi connectivity index (χ3n) is 2.76. The van der Waals surface area contributed by atoms with Gasteiger partial charge in [0, 0.05) is 23.2 Å². The maximum atomic E-state index is 5.96. The lowest BCUT2D eigenvalue weighted by Gasteiger charge is -2.21. The van der Waals surface area contributed by atoms with Crippen LogP contribution in [0.5, 0.6) is 0 Å². The van der Waals surface area contributed by atoms with Gasteiger partial charge in [0.25, 0.3) is 0 Å². The zero-order valence-electron chi connectivity index (χ0n) is 10.9. The lowest BCUT2D eigenvalue weighted by molar-refractivity contribution is -0.0141. The molecule has 0 aliphatic heterocycles. The first-order chi connectivity index (χ1) is 8.54. The maximum Gasteiger partial charge on any atom is 0.125 e. The summed E-state index contributed by atoms with van der Waals surface area (Å²) in [4.78, 5) is 4.65. The van der Waals surface area contributed by atoms with Crippen LogP contribution in [0.1, 0.15) is 25.8 Å². The predicted molar refractivity (Wildman–Crippen MR) is 76.6 cm³/mol. The van der Waals surface area contributed by atoms with Gasteiger partial charge < -0.3 is 10.5 Å². The van der Waals surface area contributed by atoms with Crippen molar-refractivity contribution >= 4 is 17.0 Å². The van der Waals surface area contributed by atoms with Crippen molar-refractivity contribution < 1.29 is 4.74 Å². The summed E-state index contributed by atoms with van der Waals surface area (Å²) in [6.45, 7) is 6.74. The number of aromatic nitrogens is 1. The van der Waals surface area contributed by atoms with Crippen LogP contribution in [-0.4, -0.2) is 11.6 Å². The average Bonchev–Trinajstić information content (AvgIpc) is 2.79. The van der Waals surface area contributed by atoms with Gasteiger partial charge in [0.2, 0.25) is 0 Å². The Labute approximate surface area is 112 Å². The van der Waals surface area contributed by atoms with E-state index in [9.17, 15) is 0 Å². The van der Waals surface area contributed by atoms with E-state index in [1.54, 1.807) is 11.3 Å². The van der Waals surface area contributed by atoms with Crippen LogP contribution in [-0.2, 0) is 10.3 Å². The van der Waals surface area contributed by atoms with Gasteiger partial charge in [0.05, 0.1) is 5.69 Å². The number of rotatable bonds is 4. The number of para-hydroxylation sites is 1. The Morgan fingerprint density at radius 3 is 2.72 bits per heavy atom. The van der Waals surface area contributed by atoms with Gasteiger partial charge in [-0.2, -0.15) is 0 Å². The molecule has 2 rings (SSSR count). The van der Waals surface area contributed by atoms with Crippen LogP contribution < -0.4 is 5.73 Å². The highest BCUT2D eigenvalue weighted by atomic mass is 32.1. The highest BCUT2D eigenvalue weighted by Crippen LogP contribution is 2.32. The lowest BCUT2D eigenvalue weighted by atomic mass is 10.1. The molecule has 0 aliphatic carbocycles. The fourth-order valence-corrected chi connectivity index (χ4v) is 2.72. The van der Waals surface area contributed by atoms with E-state index in [1.807, 2.05) is 50.4 Å². The summed E-state index contributed by atoms with van der Waals surface area (Å²) in [6.07, 6.45) is 0. The van der Waals surface area contributed by atoms with E-state index in [1.165, 1.54) is 0 Å². The van der Waals surface area contributed by atoms with Crippen molar-refractivity contribution in [3.05, 3.63) is 34.7 Å². The molecule has 1 heterocycles. The Bertz CT molecular complexity index is 534. The largest absolute Gasteiger partial charge is 0.398 e. The zero-order valence-corrected chi connectivity index (χ0v) is 11.8. The summed E-state index contributed by atoms with van der Waals surface area (Å²) in [6, 6.07) is 7.78. The molecule has 1 aromatic heterocycles. The number of anilines is 1. The number of nitrogen functional groups attached to an aromatic ring is 1. The molecule has 2 aromatic rings. The summed E-state index contributed by atoms with van der Waals surface area (Å²) < 4.78 is 5.71. The smallest absolute Gasteiger partial charge is 0.125 e. The first-order valence-electron chi connectivity index (χ1n) is 5.99. The van der Waals surface area contributed by atoms with Crippen molar-refractivity contribution in [3.8, 4) is 11.3 Å². The second-order valence-corrected chi connectivity index (χ2v) is 5.43. The van der Waals surface area contributed by atoms with Gasteiger partial charge in [-0.05, 0) is 26.8 Å². The summed E-state index contributed by atoms with van der Waals surface area (Å²) in [7, 11) is 0. The Morgan fingerprint density at radius 2 is 2.06 bits per heavy atom. The molecular formula is C14H18N2OS. The van der Waals surface area contributed by atoms with E-state index in [4.69, 9.17) is 10.5 Å². The SMILES string of the molecule is CCOC(C)(C)c1nc(-c2ccccc2N)cs1. The zero-order chi connectivity index (χ0) is 13.2. The molecule has 18 heavy (non-hydrogen) atoms. The van der Waals surface area contributed by atoms with Gasteiger partial charge in [0.15, 0.2) is 0 Å². The van der Waals surface area contributed by atoms with E-state index >= 15 is 0 Å². The van der Waals surface area contributed by atoms with Crippen molar-refractivity contribution in [1.29, 1.82) is 0 Å². The number of nitrogens with zero attached hydrogens (tertiary/aromatic N) is 1. The predicted octanol–water partition coefficient (Wildman–Crippen LogP) is 3.66. The molecule has 0 spiro atoms. The minimum atomic E-state index is -0.346. The lowest BCUT2D eigenvalue weighted by Crippen LogP contribution is -2.21. The molecular weight excluding hydrogens is 244 g/mol. The van der Waals surface area contributed by atoms with Gasteiger partial charge in [-0.1, -0.05) is 18.2 Å². The topological polar surface area (TPSA) is 48.1 Å². The normalized spacial score (nSPS) is 11.7. The molecule has 1 aromatic carbocycles. The standard InChI is InChI=1S/C14H18N2OS/c1-4-17-14(2,3)13-16-12(9-18-13)10-7-5-6-8-11(10)15/h5-9H,4,15H2,1-3H3. The Balaban J connectivity index is 2.34. The quantitative estimate of drug-likeness (QED) is 0.855. The number of thiazole rings is 1. The number of hydrogen-bond donors (Lipinski definition) is 1. The molecule has 4 heteroatoms. The average molecular weight is 262 g/mol. The summed E-state index contributed by atoms with van der Waals surface area (Å²) in [5, 5.41) is 3.00. The molecule has 0 saturated heterocycles. The van der Waals surface area contributed by atoms with Crippen LogP contribution >= 0.6 is 11.3 Å². The van der Waals surface area contributed by atoms with E-state index in [2.05, 4.69) is 4.98 Å². The fourth-order valence-electron chi connectivity index (χ4n) is 1.83. The van der Waals surface area contributed by atoms with Crippen LogP contribution in [0.15, 0.2) is 29.6 Å². The minimum Gasteiger partial charge on any atom is -0.398 e. The molecule has 0 atom stereocenters. The summed E-state index contributed by atoms with van der Waals surface area (Å²) in [5.41, 5.74) is 8.27. The molecule has 0 unspecified atom stereocenters. The molecule has 0 amide bonds. The summed E-state index contributed by atoms with van der Waals surface area (Å²) in [5.74, 6) is 0. The third-order valence-corrected chi connectivity index (χ3v) is 3.91. The number of nitrogens with two attached hydrogens (primary N) is 1. The monoisotopic (exact) mass is 262 g/mol. The van der Waals surface area contributed by atoms with Crippen molar-refractivity contribution in [2.24, 2.45) is 0 Å². The molecule has 0 aliphatic rings. The van der Waals surface area contributed by atoms with Crippen LogP contribution in [0, 0.1) is 0 Å². The van der Waals surface area contributed by atoms with E-state index in [-0.39, 0.29) is 5.60 Å². The Kier molecular flexibility index (Phi) is 3.68. The minimum absolute atomic E-state index is 0.346. The third kappa shape index (κ3) is 2.54. The Morgan fingerprint density at radius 1 is 1.33 bits per heavy atom. The van der Waals surface area contributed by atoms with E-state index in [0.29, 0.717) is 6.61 Å². The van der Waals surface area contributed by atoms with E-state index in [0.717, 1.165) is 22.0 Å². The molecule has 0 radical (unpaired) electrons. The highest BCUT2D eigenvalue weighted by molar-refractivity contribution is 7.10.